The Morgan fingerprint density at radius 3 is 1.53 bits per heavy atom. The molecule has 115 heavy (non-hydrogen) atoms. The van der Waals surface area contributed by atoms with Crippen LogP contribution in [0, 0.1) is 0 Å². The highest BCUT2D eigenvalue weighted by atomic mass is 32.1. The summed E-state index contributed by atoms with van der Waals surface area (Å²) in [5.74, 6) is -5.22. The molecule has 37 nitrogen and oxygen atoms in total. The van der Waals surface area contributed by atoms with Gasteiger partial charge in [0.15, 0.2) is 34.0 Å². The molecule has 0 bridgehead atoms. The van der Waals surface area contributed by atoms with E-state index in [9.17, 15) is 63.3 Å². The standard InChI is InChI=1S/C77H81N23O14S/c1-92(25-12-22-81-77(115)87-42-14-17-50(53(27-42)76(112)113)64-51-18-15-48(101)33-59(51)114-60-34-49(102)16-19-52(60)64)24-11-21-80-69(105)55-29-44(36-95(55)4)82-70(106)56-30-45(37-96(56)5)84-72(108)58-31-46(38-98(58)7)85-74(110)66-89-61(40-99(66)8)88-63(103)13-10-20-79-68(104)54-28-43(35-94(54)3)83-71(107)57-32-47(39-97(57)6)86-75(111)67-90-62(41-100(67)9)91-73(109)65-78-23-26-93(65)2/h14-19,23,26-41,101H,10-13,20-22,24-25H2,1-9H3,(H,79,104)(H,80,105)(H,82,106)(H,83,107)(H,84,108)(H,85,110)(H,86,111)(H,88,103)(H,91,109)(H,112,113)(H2,81,87,115). The molecule has 0 radical (unpaired) electrons. The molecule has 1 aliphatic carbocycles. The summed E-state index contributed by atoms with van der Waals surface area (Å²) in [6, 6.07) is 21.1. The topological polar surface area (TPSA) is 459 Å². The minimum Gasteiger partial charge on any atom is -0.508 e. The summed E-state index contributed by atoms with van der Waals surface area (Å²) in [7, 11) is 15.0. The van der Waals surface area contributed by atoms with Gasteiger partial charge >= 0.3 is 5.97 Å². The Bertz CT molecular complexity index is 5910. The molecule has 594 valence electrons. The van der Waals surface area contributed by atoms with Crippen molar-refractivity contribution in [1.82, 2.24) is 67.0 Å². The number of amidine groups is 1. The number of anilines is 7. The number of amides is 8. The molecule has 0 saturated carbocycles. The zero-order valence-corrected chi connectivity index (χ0v) is 64.6. The minimum absolute atomic E-state index is 0.0106. The Kier molecular flexibility index (Phi) is 23.9. The van der Waals surface area contributed by atoms with E-state index < -0.39 is 47.3 Å². The number of imidazole rings is 3. The molecule has 1 aliphatic heterocycles. The van der Waals surface area contributed by atoms with E-state index in [4.69, 9.17) is 4.42 Å². The van der Waals surface area contributed by atoms with Gasteiger partial charge in [-0.25, -0.2) is 19.7 Å². The number of aliphatic hydroxyl groups excluding tert-OH is 1. The summed E-state index contributed by atoms with van der Waals surface area (Å²) < 4.78 is 18.0. The monoisotopic (exact) mass is 1580 g/mol. The molecule has 38 heteroatoms. The van der Waals surface area contributed by atoms with Crippen LogP contribution in [0.4, 0.5) is 45.8 Å². The normalized spacial score (nSPS) is 11.6. The number of thiol groups is 1. The number of benzene rings is 3. The van der Waals surface area contributed by atoms with Crippen LogP contribution < -0.4 is 53.3 Å². The maximum atomic E-state index is 13.7. The second-order valence-electron chi connectivity index (χ2n) is 27.2. The lowest BCUT2D eigenvalue weighted by Gasteiger charge is -2.17. The Labute approximate surface area is 660 Å². The van der Waals surface area contributed by atoms with Gasteiger partial charge in [0.25, 0.3) is 47.3 Å². The van der Waals surface area contributed by atoms with Crippen molar-refractivity contribution in [2.24, 2.45) is 66.4 Å². The molecule has 0 spiro atoms. The van der Waals surface area contributed by atoms with Crippen LogP contribution in [0.1, 0.15) is 120 Å². The van der Waals surface area contributed by atoms with Crippen molar-refractivity contribution in [2.75, 3.05) is 77.0 Å². The molecule has 12 N–H and O–H groups in total. The van der Waals surface area contributed by atoms with Crippen LogP contribution in [0.25, 0.3) is 33.4 Å². The summed E-state index contributed by atoms with van der Waals surface area (Å²) in [6.45, 7) is 2.26. The van der Waals surface area contributed by atoms with Crippen LogP contribution in [0.15, 0.2) is 160 Å². The second-order valence-corrected chi connectivity index (χ2v) is 27.6. The van der Waals surface area contributed by atoms with Crippen molar-refractivity contribution >= 4 is 134 Å². The number of phenols is 1. The number of aliphatic imine (C=N–C) groups is 2. The molecular weight excluding hydrogens is 1500 g/mol. The van der Waals surface area contributed by atoms with Crippen LogP contribution in [0.3, 0.4) is 0 Å². The van der Waals surface area contributed by atoms with Crippen molar-refractivity contribution in [2.45, 2.75) is 25.7 Å². The van der Waals surface area contributed by atoms with Crippen molar-refractivity contribution in [3.8, 4) is 28.2 Å². The third-order valence-corrected chi connectivity index (χ3v) is 18.7. The van der Waals surface area contributed by atoms with Gasteiger partial charge in [0, 0.05) is 166 Å². The smallest absolute Gasteiger partial charge is 0.336 e. The first-order valence-corrected chi connectivity index (χ1v) is 36.2. The number of hydrogen-bond acceptors (Lipinski definition) is 18. The van der Waals surface area contributed by atoms with Gasteiger partial charge in [0.05, 0.1) is 40.2 Å². The van der Waals surface area contributed by atoms with Gasteiger partial charge in [0.2, 0.25) is 11.6 Å². The summed E-state index contributed by atoms with van der Waals surface area (Å²) in [4.78, 5) is 155. The quantitative estimate of drug-likeness (QED) is 0.00666. The van der Waals surface area contributed by atoms with Crippen LogP contribution in [-0.4, -0.2) is 176 Å². The number of aryl methyl sites for hydroxylation is 8. The maximum Gasteiger partial charge on any atom is 0.336 e. The van der Waals surface area contributed by atoms with Gasteiger partial charge in [-0.2, -0.15) is 4.99 Å². The fourth-order valence-corrected chi connectivity index (χ4v) is 13.0. The van der Waals surface area contributed by atoms with Gasteiger partial charge in [-0.15, -0.1) is 12.6 Å². The number of carboxylic acids is 1. The number of carbonyl (C=O) groups is 9. The van der Waals surface area contributed by atoms with E-state index in [2.05, 4.69) is 90.3 Å². The maximum absolute atomic E-state index is 13.7. The van der Waals surface area contributed by atoms with Crippen molar-refractivity contribution in [3.63, 3.8) is 0 Å². The average Bonchev–Trinajstić information content (AvgIpc) is 1.34. The van der Waals surface area contributed by atoms with Gasteiger partial charge < -0.3 is 109 Å². The number of nitrogens with zero attached hydrogens (tertiary/aromatic N) is 14. The molecule has 8 aromatic heterocycles. The Morgan fingerprint density at radius 2 is 0.991 bits per heavy atom. The fraction of sp³-hybridized carbons (Fsp3) is 0.234. The largest absolute Gasteiger partial charge is 0.508 e. The van der Waals surface area contributed by atoms with E-state index in [1.54, 1.807) is 116 Å². The number of phenolic OH excluding ortho intramolecular Hbond substituents is 1. The molecule has 0 fully saturated rings. The highest BCUT2D eigenvalue weighted by Crippen LogP contribution is 2.43. The SMILES string of the molecule is CN(CCCN=C(S)Nc1ccc(-c2c3ccc(=O)cc-3oc3cc(O)ccc23)c(C(=O)O)c1)CCCNC(=O)c1cc(NC(=O)c2cc(NC(=O)c3cc(NC(=O)c4nc(N=C(O)CCCNC(=O)c5cc(NC(=O)c6cc(NC(=O)c7nc(NC(=O)c8nccn8C)cn7C)cn6C)cn5C)cn4C)cn3C)cn2C)cn1C. The number of aliphatic hydroxyl groups is 1. The van der Waals surface area contributed by atoms with Crippen LogP contribution >= 0.6 is 12.6 Å². The van der Waals surface area contributed by atoms with Crippen LogP contribution in [0.2, 0.25) is 0 Å². The lowest BCUT2D eigenvalue weighted by Crippen LogP contribution is -2.29. The molecule has 0 unspecified atom stereocenters. The van der Waals surface area contributed by atoms with E-state index in [1.807, 2.05) is 7.05 Å². The van der Waals surface area contributed by atoms with Crippen LogP contribution in [-0.2, 0) is 56.4 Å². The molecule has 0 saturated heterocycles. The molecule has 2 aromatic carbocycles. The van der Waals surface area contributed by atoms with E-state index in [0.717, 1.165) is 0 Å². The second kappa shape index (κ2) is 34.4. The molecule has 0 atom stereocenters. The van der Waals surface area contributed by atoms with E-state index in [-0.39, 0.29) is 122 Å². The van der Waals surface area contributed by atoms with Gasteiger partial charge in [0.1, 0.15) is 45.6 Å². The van der Waals surface area contributed by atoms with E-state index in [0.29, 0.717) is 95.2 Å². The number of hydrogen-bond donors (Lipinski definition) is 13. The van der Waals surface area contributed by atoms with Gasteiger partial charge in [-0.1, -0.05) is 6.07 Å². The zero-order chi connectivity index (χ0) is 82.2. The number of aromatic carboxylic acids is 1. The molecule has 2 aliphatic rings. The van der Waals surface area contributed by atoms with E-state index >= 15 is 0 Å². The van der Waals surface area contributed by atoms with Crippen molar-refractivity contribution < 1.29 is 62.9 Å². The van der Waals surface area contributed by atoms with Gasteiger partial charge in [-0.05, 0) is 112 Å². The number of aromatic nitrogens is 11. The minimum atomic E-state index is -1.19. The molecule has 8 amide bonds. The molecule has 9 heterocycles. The first kappa shape index (κ1) is 80.0. The summed E-state index contributed by atoms with van der Waals surface area (Å²) in [5.41, 5.74) is 4.41. The summed E-state index contributed by atoms with van der Waals surface area (Å²) >= 11 is 4.51. The third kappa shape index (κ3) is 18.9. The number of nitrogens with one attached hydrogen (secondary N) is 9. The number of rotatable bonds is 30. The number of carbonyl (C=O) groups excluding carboxylic acids is 8. The first-order valence-electron chi connectivity index (χ1n) is 35.7. The fourth-order valence-electron chi connectivity index (χ4n) is 12.8. The highest BCUT2D eigenvalue weighted by molar-refractivity contribution is 7.97. The molecular formula is C77H81N23O14S. The average molecular weight is 1580 g/mol. The summed E-state index contributed by atoms with van der Waals surface area (Å²) in [6.07, 6.45) is 15.4. The third-order valence-electron chi connectivity index (χ3n) is 18.4. The lowest BCUT2D eigenvalue weighted by atomic mass is 9.90. The Hall–Kier alpha value is -14.6. The molecule has 10 aromatic rings. The lowest BCUT2D eigenvalue weighted by molar-refractivity contribution is 0.0695. The number of carboxylic acid groups (broad SMARTS) is 1. The Balaban J connectivity index is 0.542. The van der Waals surface area contributed by atoms with Crippen LogP contribution in [0.5, 0.6) is 5.75 Å². The van der Waals surface area contributed by atoms with Crippen molar-refractivity contribution in [3.05, 3.63) is 202 Å². The van der Waals surface area contributed by atoms with E-state index in [1.165, 1.54) is 118 Å². The number of fused-ring (bicyclic) bond motifs is 2. The zero-order valence-electron chi connectivity index (χ0n) is 63.7. The number of aromatic hydroxyl groups is 1. The summed E-state index contributed by atoms with van der Waals surface area (Å²) in [5, 5.41) is 57.3. The predicted molar refractivity (Wildman–Crippen MR) is 433 cm³/mol. The molecule has 12 rings (SSSR count). The first-order chi connectivity index (χ1) is 54.9. The Morgan fingerprint density at radius 1 is 0.496 bits per heavy atom. The predicted octanol–water partition coefficient (Wildman–Crippen LogP) is 8.01. The van der Waals surface area contributed by atoms with Gasteiger partial charge in [-0.3, -0.25) is 48.1 Å². The highest BCUT2D eigenvalue weighted by Gasteiger charge is 2.27. The van der Waals surface area contributed by atoms with Crippen molar-refractivity contribution in [1.29, 1.82) is 0 Å².